The molecule has 6 aliphatic carbocycles. The van der Waals surface area contributed by atoms with E-state index in [9.17, 15) is 28.8 Å². The van der Waals surface area contributed by atoms with Crippen LogP contribution in [0.5, 0.6) is 0 Å². The third kappa shape index (κ3) is 28.7. The van der Waals surface area contributed by atoms with Gasteiger partial charge in [0.15, 0.2) is 0 Å². The molecule has 0 aromatic heterocycles. The molecule has 0 radical (unpaired) electrons. The number of ether oxygens (including phenoxy) is 6. The monoisotopic (exact) mass is 1550 g/mol. The van der Waals surface area contributed by atoms with Gasteiger partial charge in [-0.25, -0.2) is 28.8 Å². The molecule has 634 valence electrons. The van der Waals surface area contributed by atoms with Crippen LogP contribution in [0.1, 0.15) is 284 Å². The third-order valence-electron chi connectivity index (χ3n) is 22.9. The number of carbonyl (C=O) groups is 6. The topological polar surface area (TPSA) is 197 Å². The average Bonchev–Trinajstić information content (AvgIpc) is 1.60. The molecule has 2 unspecified atom stereocenters. The SMILES string of the molecule is CC(C)(C)OC(=O)N1C2CCC1CN(C1CC1)C2.CC(C)(C)OC(=O)N1CCN(C2CC2)CC1(C)C.CC(C)[C@@H]1CN(C2CC2)CCN1C(=O)OC(C)(C)C.CC(C)[C@H]1CN(C2CC2)CCN1C(=O)OC(C)(C)C.C[C@@H]1CN(C(=O)OC(C)(C)C)[C@@H](C)CN1C1CC1.C[C@@H]1CN(C2CC2)C[C@H](C)N1C(=O)OC(C)(C)C. The van der Waals surface area contributed by atoms with E-state index >= 15 is 0 Å². The van der Waals surface area contributed by atoms with Crippen molar-refractivity contribution < 1.29 is 57.2 Å². The molecule has 7 aliphatic heterocycles. The van der Waals surface area contributed by atoms with E-state index in [4.69, 9.17) is 28.4 Å². The van der Waals surface area contributed by atoms with Gasteiger partial charge < -0.3 is 52.9 Å². The molecule has 8 atom stereocenters. The number of amides is 6. The van der Waals surface area contributed by atoms with Crippen molar-refractivity contribution in [2.75, 3.05) is 98.2 Å². The maximum atomic E-state index is 12.3. The molecule has 7 saturated heterocycles. The van der Waals surface area contributed by atoms with Crippen molar-refractivity contribution in [3.8, 4) is 0 Å². The maximum absolute atomic E-state index is 12.3. The zero-order valence-electron chi connectivity index (χ0n) is 74.5. The minimum Gasteiger partial charge on any atom is -0.444 e. The molecule has 6 amide bonds. The fourth-order valence-electron chi connectivity index (χ4n) is 16.7. The summed E-state index contributed by atoms with van der Waals surface area (Å²) in [5, 5.41) is 0. The smallest absolute Gasteiger partial charge is 0.410 e. The van der Waals surface area contributed by atoms with Gasteiger partial charge in [-0.1, -0.05) is 27.7 Å². The lowest BCUT2D eigenvalue weighted by molar-refractivity contribution is -0.0247. The number of hydrogen-bond donors (Lipinski definition) is 0. The Kier molecular flexibility index (Phi) is 30.3. The van der Waals surface area contributed by atoms with Crippen molar-refractivity contribution in [3.63, 3.8) is 0 Å². The molecule has 0 aromatic rings. The predicted octanol–water partition coefficient (Wildman–Crippen LogP) is 15.1. The third-order valence-corrected chi connectivity index (χ3v) is 22.9. The molecule has 0 aromatic carbocycles. The van der Waals surface area contributed by atoms with Crippen LogP contribution < -0.4 is 0 Å². The van der Waals surface area contributed by atoms with Crippen LogP contribution in [0.15, 0.2) is 0 Å². The highest BCUT2D eigenvalue weighted by atomic mass is 16.6. The van der Waals surface area contributed by atoms with Crippen LogP contribution in [0.25, 0.3) is 0 Å². The van der Waals surface area contributed by atoms with Crippen LogP contribution in [-0.2, 0) is 28.4 Å². The maximum Gasteiger partial charge on any atom is 0.410 e. The molecule has 13 aliphatic rings. The summed E-state index contributed by atoms with van der Waals surface area (Å²) in [4.78, 5) is 100. The summed E-state index contributed by atoms with van der Waals surface area (Å²) >= 11 is 0. The van der Waals surface area contributed by atoms with Crippen molar-refractivity contribution in [3.05, 3.63) is 0 Å². The van der Waals surface area contributed by atoms with Crippen molar-refractivity contribution >= 4 is 36.6 Å². The van der Waals surface area contributed by atoms with Crippen LogP contribution in [0.3, 0.4) is 0 Å². The second-order valence-electron chi connectivity index (χ2n) is 42.1. The van der Waals surface area contributed by atoms with E-state index in [1.165, 1.54) is 77.0 Å². The lowest BCUT2D eigenvalue weighted by Gasteiger charge is -2.47. The molecule has 13 fully saturated rings. The summed E-state index contributed by atoms with van der Waals surface area (Å²) in [5.41, 5.74) is -2.58. The number of nitrogens with zero attached hydrogens (tertiary/aromatic N) is 12. The van der Waals surface area contributed by atoms with Gasteiger partial charge in [0.25, 0.3) is 0 Å². The van der Waals surface area contributed by atoms with Gasteiger partial charge in [-0.2, -0.15) is 0 Å². The van der Waals surface area contributed by atoms with Gasteiger partial charge in [0.05, 0.1) is 17.6 Å². The van der Waals surface area contributed by atoms with Gasteiger partial charge in [0, 0.05) is 171 Å². The van der Waals surface area contributed by atoms with E-state index in [0.717, 1.165) is 147 Å². The van der Waals surface area contributed by atoms with E-state index < -0.39 is 28.0 Å². The highest BCUT2D eigenvalue weighted by Crippen LogP contribution is 2.40. The number of carbonyl (C=O) groups excluding carboxylic acids is 6. The Morgan fingerprint density at radius 1 is 0.291 bits per heavy atom. The predicted molar refractivity (Wildman–Crippen MR) is 437 cm³/mol. The minimum absolute atomic E-state index is 0.106. The molecular weight excluding hydrogens is 1390 g/mol. The quantitative estimate of drug-likeness (QED) is 0.208. The van der Waals surface area contributed by atoms with Crippen molar-refractivity contribution in [1.29, 1.82) is 0 Å². The van der Waals surface area contributed by atoms with E-state index in [1.807, 2.05) is 154 Å². The Labute approximate surface area is 666 Å². The first-order chi connectivity index (χ1) is 50.7. The summed E-state index contributed by atoms with van der Waals surface area (Å²) in [6, 6.07) is 7.19. The van der Waals surface area contributed by atoms with E-state index in [0.29, 0.717) is 30.0 Å². The first-order valence-electron chi connectivity index (χ1n) is 43.2. The zero-order chi connectivity index (χ0) is 81.9. The minimum atomic E-state index is -0.416. The molecule has 0 N–H and O–H groups in total. The highest BCUT2D eigenvalue weighted by Gasteiger charge is 2.50. The number of piperazine rings is 6. The van der Waals surface area contributed by atoms with Gasteiger partial charge in [-0.3, -0.25) is 34.3 Å². The van der Waals surface area contributed by atoms with Crippen LogP contribution in [-0.4, -0.2) is 317 Å². The van der Waals surface area contributed by atoms with Crippen molar-refractivity contribution in [1.82, 2.24) is 58.8 Å². The zero-order valence-corrected chi connectivity index (χ0v) is 74.5. The lowest BCUT2D eigenvalue weighted by Crippen LogP contribution is -2.62. The average molecular weight is 1550 g/mol. The highest BCUT2D eigenvalue weighted by molar-refractivity contribution is 5.72. The fourth-order valence-corrected chi connectivity index (χ4v) is 16.7. The second kappa shape index (κ2) is 36.7. The number of rotatable bonds is 8. The molecule has 2 bridgehead atoms. The first-order valence-corrected chi connectivity index (χ1v) is 43.2. The van der Waals surface area contributed by atoms with Gasteiger partial charge in [0.1, 0.15) is 33.6 Å². The van der Waals surface area contributed by atoms with Crippen molar-refractivity contribution in [2.24, 2.45) is 11.8 Å². The van der Waals surface area contributed by atoms with Gasteiger partial charge in [-0.05, 0) is 268 Å². The molecular formula is C86H158N12O12. The molecule has 13 rings (SSSR count). The summed E-state index contributed by atoms with van der Waals surface area (Å²) in [6.07, 6.45) is 17.3. The van der Waals surface area contributed by atoms with Gasteiger partial charge in [0.2, 0.25) is 0 Å². The van der Waals surface area contributed by atoms with Crippen LogP contribution in [0, 0.1) is 11.8 Å². The summed E-state index contributed by atoms with van der Waals surface area (Å²) in [5.74, 6) is 0.933. The Balaban J connectivity index is 0.000000166. The largest absolute Gasteiger partial charge is 0.444 e. The summed E-state index contributed by atoms with van der Waals surface area (Å²) < 4.78 is 33.1. The molecule has 110 heavy (non-hydrogen) atoms. The lowest BCUT2D eigenvalue weighted by atomic mass is 9.99. The summed E-state index contributed by atoms with van der Waals surface area (Å²) in [6.45, 7) is 70.3. The van der Waals surface area contributed by atoms with Crippen molar-refractivity contribution in [2.45, 2.75) is 407 Å². The standard InChI is InChI=1S/2C15H28N2O2.C14H24N2O2.3C14H26N2O2/c2*1-11(2)13-10-16(12-6-7-12)8-9-17(13)14(18)19-15(3,4)5;1-14(2,3)18-13(17)16-11-6-7-12(16)9-15(8-11)10-4-5-10;1-10-9-16(13(17)18-14(3,4)5)11(2)8-15(10)12-6-7-12;1-10-8-15(12-6-7-12)9-11(2)16(10)13(17)18-14(3,4)5;1-13(2,3)18-12(17)16-9-8-15(11-6-7-11)10-14(16,4)5/h2*11-13H,6-10H2,1-5H3;10-12H,4-9H2,1-3H3;2*10-12H,6-9H2,1-5H3;11H,6-10H2,1-5H3/t2*13-;;2*10-,11+;/m10.1../s1. The van der Waals surface area contributed by atoms with Gasteiger partial charge in [-0.15, -0.1) is 0 Å². The summed E-state index contributed by atoms with van der Waals surface area (Å²) in [7, 11) is 0. The molecule has 6 saturated carbocycles. The fraction of sp³-hybridized carbons (Fsp3) is 0.930. The Morgan fingerprint density at radius 3 is 0.936 bits per heavy atom. The molecule has 24 nitrogen and oxygen atoms in total. The number of hydrogen-bond acceptors (Lipinski definition) is 18. The first kappa shape index (κ1) is 90.9. The molecule has 0 spiro atoms. The normalized spacial score (nSPS) is 28.3. The van der Waals surface area contributed by atoms with E-state index in [-0.39, 0.29) is 77.9 Å². The van der Waals surface area contributed by atoms with Gasteiger partial charge >= 0.3 is 36.6 Å². The number of fused-ring (bicyclic) bond motifs is 2. The van der Waals surface area contributed by atoms with Crippen LogP contribution in [0.4, 0.5) is 28.8 Å². The Morgan fingerprint density at radius 2 is 0.591 bits per heavy atom. The van der Waals surface area contributed by atoms with Crippen LogP contribution in [0.2, 0.25) is 0 Å². The van der Waals surface area contributed by atoms with E-state index in [2.05, 4.69) is 98.6 Å². The number of likely N-dealkylation sites (tertiary alicyclic amines) is 1. The molecule has 7 heterocycles. The molecule has 24 heteroatoms. The Bertz CT molecular complexity index is 2820. The van der Waals surface area contributed by atoms with E-state index in [1.54, 1.807) is 0 Å². The second-order valence-corrected chi connectivity index (χ2v) is 42.1. The Hall–Kier alpha value is -4.62. The van der Waals surface area contributed by atoms with Crippen LogP contribution >= 0.6 is 0 Å².